The first kappa shape index (κ1) is 24.7. The SMILES string of the molecule is Cl.Cl.O=C(NCC1(N2CCSCC2)CCCCC1)c1cn(C2CCNCC2)nn1. The van der Waals surface area contributed by atoms with Crippen LogP contribution in [0.1, 0.15) is 61.5 Å². The molecule has 1 aliphatic carbocycles. The Morgan fingerprint density at radius 2 is 1.86 bits per heavy atom. The van der Waals surface area contributed by atoms with E-state index in [2.05, 4.69) is 25.8 Å². The smallest absolute Gasteiger partial charge is 0.273 e. The summed E-state index contributed by atoms with van der Waals surface area (Å²) in [6.45, 7) is 5.03. The van der Waals surface area contributed by atoms with Crippen molar-refractivity contribution in [3.63, 3.8) is 0 Å². The molecule has 0 atom stereocenters. The third-order valence-corrected chi connectivity index (χ3v) is 7.41. The Kier molecular flexibility index (Phi) is 10.0. The van der Waals surface area contributed by atoms with E-state index in [1.807, 2.05) is 22.6 Å². The van der Waals surface area contributed by atoms with E-state index in [0.717, 1.165) is 45.6 Å². The number of halogens is 2. The van der Waals surface area contributed by atoms with Crippen LogP contribution in [0, 0.1) is 0 Å². The average molecular weight is 465 g/mol. The van der Waals surface area contributed by atoms with Gasteiger partial charge in [-0.05, 0) is 38.8 Å². The number of amides is 1. The largest absolute Gasteiger partial charge is 0.349 e. The number of rotatable bonds is 5. The standard InChI is InChI=1S/C19H32N6OS.2ClH/c26-18(17-14-25(23-22-17)16-4-8-20-9-5-16)21-15-19(6-2-1-3-7-19)24-10-12-27-13-11-24;;/h14,16,20H,1-13,15H2,(H,21,26);2*1H. The van der Waals surface area contributed by atoms with E-state index in [9.17, 15) is 4.79 Å². The monoisotopic (exact) mass is 464 g/mol. The molecule has 10 heteroatoms. The maximum absolute atomic E-state index is 12.7. The number of thioether (sulfide) groups is 1. The highest BCUT2D eigenvalue weighted by Crippen LogP contribution is 2.34. The van der Waals surface area contributed by atoms with E-state index in [0.29, 0.717) is 11.7 Å². The quantitative estimate of drug-likeness (QED) is 0.696. The molecule has 0 aromatic carbocycles. The van der Waals surface area contributed by atoms with Gasteiger partial charge in [0.05, 0.1) is 12.2 Å². The molecule has 7 nitrogen and oxygen atoms in total. The van der Waals surface area contributed by atoms with Gasteiger partial charge in [0.2, 0.25) is 0 Å². The van der Waals surface area contributed by atoms with Gasteiger partial charge >= 0.3 is 0 Å². The van der Waals surface area contributed by atoms with Gasteiger partial charge in [0.1, 0.15) is 0 Å². The molecule has 2 N–H and O–H groups in total. The lowest BCUT2D eigenvalue weighted by molar-refractivity contribution is 0.0547. The zero-order chi connectivity index (χ0) is 18.5. The van der Waals surface area contributed by atoms with E-state index in [1.165, 1.54) is 43.6 Å². The minimum absolute atomic E-state index is 0. The molecule has 1 aromatic heterocycles. The number of aromatic nitrogens is 3. The van der Waals surface area contributed by atoms with Crippen molar-refractivity contribution in [3.05, 3.63) is 11.9 Å². The van der Waals surface area contributed by atoms with Crippen LogP contribution in [0.4, 0.5) is 0 Å². The molecular formula is C19H34Cl2N6OS. The van der Waals surface area contributed by atoms with Gasteiger partial charge in [-0.3, -0.25) is 9.69 Å². The Hall–Kier alpha value is -0.540. The number of piperidine rings is 1. The second kappa shape index (κ2) is 11.7. The van der Waals surface area contributed by atoms with Crippen molar-refractivity contribution in [3.8, 4) is 0 Å². The van der Waals surface area contributed by atoms with Crippen molar-refractivity contribution < 1.29 is 4.79 Å². The number of nitrogens with zero attached hydrogens (tertiary/aromatic N) is 4. The lowest BCUT2D eigenvalue weighted by Gasteiger charge is -2.48. The molecule has 0 radical (unpaired) electrons. The van der Waals surface area contributed by atoms with Crippen molar-refractivity contribution in [2.45, 2.75) is 56.5 Å². The lowest BCUT2D eigenvalue weighted by Crippen LogP contribution is -2.58. The molecule has 166 valence electrons. The lowest BCUT2D eigenvalue weighted by atomic mass is 9.80. The Labute approximate surface area is 190 Å². The molecule has 1 amide bonds. The van der Waals surface area contributed by atoms with Gasteiger partial charge in [0.15, 0.2) is 5.69 Å². The van der Waals surface area contributed by atoms with Crippen LogP contribution in [0.5, 0.6) is 0 Å². The summed E-state index contributed by atoms with van der Waals surface area (Å²) in [6, 6.07) is 0.357. The van der Waals surface area contributed by atoms with E-state index >= 15 is 0 Å². The molecule has 0 bridgehead atoms. The van der Waals surface area contributed by atoms with Crippen molar-refractivity contribution in [2.75, 3.05) is 44.2 Å². The second-order valence-electron chi connectivity index (χ2n) is 8.13. The highest BCUT2D eigenvalue weighted by Gasteiger charge is 2.38. The van der Waals surface area contributed by atoms with Crippen LogP contribution >= 0.6 is 36.6 Å². The first-order valence-electron chi connectivity index (χ1n) is 10.5. The molecule has 0 spiro atoms. The Morgan fingerprint density at radius 1 is 1.17 bits per heavy atom. The van der Waals surface area contributed by atoms with Crippen LogP contribution in [-0.2, 0) is 0 Å². The molecular weight excluding hydrogens is 431 g/mol. The van der Waals surface area contributed by atoms with Crippen molar-refractivity contribution in [1.29, 1.82) is 0 Å². The molecule has 2 saturated heterocycles. The summed E-state index contributed by atoms with van der Waals surface area (Å²) in [5.74, 6) is 2.34. The molecule has 3 heterocycles. The van der Waals surface area contributed by atoms with Crippen LogP contribution < -0.4 is 10.6 Å². The predicted molar refractivity (Wildman–Crippen MR) is 123 cm³/mol. The number of carbonyl (C=O) groups excluding carboxylic acids is 1. The van der Waals surface area contributed by atoms with Crippen LogP contribution in [0.25, 0.3) is 0 Å². The zero-order valence-corrected chi connectivity index (χ0v) is 19.4. The van der Waals surface area contributed by atoms with Gasteiger partial charge in [0.25, 0.3) is 5.91 Å². The second-order valence-corrected chi connectivity index (χ2v) is 9.36. The summed E-state index contributed by atoms with van der Waals surface area (Å²) in [4.78, 5) is 15.4. The summed E-state index contributed by atoms with van der Waals surface area (Å²) in [5.41, 5.74) is 0.591. The van der Waals surface area contributed by atoms with Gasteiger partial charge in [0, 0.05) is 36.7 Å². The first-order chi connectivity index (χ1) is 13.3. The van der Waals surface area contributed by atoms with Gasteiger partial charge in [-0.15, -0.1) is 29.9 Å². The fourth-order valence-corrected chi connectivity index (χ4v) is 5.72. The van der Waals surface area contributed by atoms with Crippen LogP contribution in [0.3, 0.4) is 0 Å². The third-order valence-electron chi connectivity index (χ3n) is 6.47. The Bertz CT molecular complexity index is 628. The summed E-state index contributed by atoms with van der Waals surface area (Å²) >= 11 is 2.04. The minimum Gasteiger partial charge on any atom is -0.349 e. The summed E-state index contributed by atoms with van der Waals surface area (Å²) in [7, 11) is 0. The fraction of sp³-hybridized carbons (Fsp3) is 0.842. The van der Waals surface area contributed by atoms with Crippen molar-refractivity contribution >= 4 is 42.5 Å². The van der Waals surface area contributed by atoms with E-state index in [1.54, 1.807) is 0 Å². The van der Waals surface area contributed by atoms with Crippen molar-refractivity contribution in [2.24, 2.45) is 0 Å². The summed E-state index contributed by atoms with van der Waals surface area (Å²) < 4.78 is 1.88. The third kappa shape index (κ3) is 6.00. The number of carbonyl (C=O) groups is 1. The molecule has 0 unspecified atom stereocenters. The van der Waals surface area contributed by atoms with Gasteiger partial charge in [-0.25, -0.2) is 4.68 Å². The van der Waals surface area contributed by atoms with Gasteiger partial charge in [-0.2, -0.15) is 11.8 Å². The number of hydrogen-bond acceptors (Lipinski definition) is 6. The highest BCUT2D eigenvalue weighted by atomic mass is 35.5. The number of hydrogen-bond donors (Lipinski definition) is 2. The molecule has 3 aliphatic rings. The summed E-state index contributed by atoms with van der Waals surface area (Å²) in [5, 5.41) is 14.9. The molecule has 1 aromatic rings. The van der Waals surface area contributed by atoms with E-state index in [4.69, 9.17) is 0 Å². The maximum atomic E-state index is 12.7. The first-order valence-corrected chi connectivity index (χ1v) is 11.7. The van der Waals surface area contributed by atoms with Gasteiger partial charge < -0.3 is 10.6 Å². The molecule has 3 fully saturated rings. The summed E-state index contributed by atoms with van der Waals surface area (Å²) in [6.07, 6.45) is 10.2. The maximum Gasteiger partial charge on any atom is 0.273 e. The highest BCUT2D eigenvalue weighted by molar-refractivity contribution is 7.99. The molecule has 1 saturated carbocycles. The number of nitrogens with one attached hydrogen (secondary N) is 2. The normalized spacial score (nSPS) is 22.9. The molecule has 29 heavy (non-hydrogen) atoms. The zero-order valence-electron chi connectivity index (χ0n) is 17.0. The van der Waals surface area contributed by atoms with Crippen LogP contribution in [0.15, 0.2) is 6.20 Å². The van der Waals surface area contributed by atoms with E-state index in [-0.39, 0.29) is 36.3 Å². The van der Waals surface area contributed by atoms with Gasteiger partial charge in [-0.1, -0.05) is 24.5 Å². The Morgan fingerprint density at radius 3 is 2.55 bits per heavy atom. The molecule has 2 aliphatic heterocycles. The average Bonchev–Trinajstić information content (AvgIpc) is 3.24. The topological polar surface area (TPSA) is 75.1 Å². The van der Waals surface area contributed by atoms with E-state index < -0.39 is 0 Å². The molecule has 4 rings (SSSR count). The van der Waals surface area contributed by atoms with Crippen LogP contribution in [0.2, 0.25) is 0 Å². The fourth-order valence-electron chi connectivity index (χ4n) is 4.82. The van der Waals surface area contributed by atoms with Crippen LogP contribution in [-0.4, -0.2) is 75.6 Å². The Balaban J connectivity index is 0.00000150. The minimum atomic E-state index is -0.0773. The van der Waals surface area contributed by atoms with Crippen molar-refractivity contribution in [1.82, 2.24) is 30.5 Å². The predicted octanol–water partition coefficient (Wildman–Crippen LogP) is 2.53.